The lowest BCUT2D eigenvalue weighted by Gasteiger charge is -2.08. The van der Waals surface area contributed by atoms with E-state index in [0.29, 0.717) is 22.9 Å². The SMILES string of the molecule is CC(C)c1ccc(NC(=O)/C(C#N)=C\Nc2ccc(CC(=O)O)cc2)cc1. The largest absolute Gasteiger partial charge is 0.481 e. The van der Waals surface area contributed by atoms with Crippen molar-refractivity contribution in [1.29, 1.82) is 5.26 Å². The third-order valence-corrected chi connectivity index (χ3v) is 3.89. The van der Waals surface area contributed by atoms with Gasteiger partial charge in [0.05, 0.1) is 6.42 Å². The second kappa shape index (κ2) is 9.20. The van der Waals surface area contributed by atoms with Gasteiger partial charge in [-0.1, -0.05) is 38.1 Å². The topological polar surface area (TPSA) is 102 Å². The van der Waals surface area contributed by atoms with Gasteiger partial charge in [-0.3, -0.25) is 9.59 Å². The molecule has 6 nitrogen and oxygen atoms in total. The van der Waals surface area contributed by atoms with E-state index in [2.05, 4.69) is 24.5 Å². The number of nitrogens with zero attached hydrogens (tertiary/aromatic N) is 1. The van der Waals surface area contributed by atoms with E-state index in [9.17, 15) is 14.9 Å². The van der Waals surface area contributed by atoms with Crippen LogP contribution >= 0.6 is 0 Å². The van der Waals surface area contributed by atoms with Crippen LogP contribution in [0.5, 0.6) is 0 Å². The fourth-order valence-electron chi connectivity index (χ4n) is 2.35. The van der Waals surface area contributed by atoms with Crippen molar-refractivity contribution in [3.63, 3.8) is 0 Å². The lowest BCUT2D eigenvalue weighted by Crippen LogP contribution is -2.14. The summed E-state index contributed by atoms with van der Waals surface area (Å²) in [6, 6.07) is 16.1. The molecule has 1 amide bonds. The van der Waals surface area contributed by atoms with Crippen LogP contribution in [-0.2, 0) is 16.0 Å². The van der Waals surface area contributed by atoms with Crippen LogP contribution in [0.25, 0.3) is 0 Å². The molecule has 0 fully saturated rings. The quantitative estimate of drug-likeness (QED) is 0.511. The summed E-state index contributed by atoms with van der Waals surface area (Å²) in [5.41, 5.74) is 3.02. The minimum Gasteiger partial charge on any atom is -0.481 e. The Hall–Kier alpha value is -3.59. The molecule has 0 aromatic heterocycles. The Morgan fingerprint density at radius 3 is 2.19 bits per heavy atom. The molecule has 2 aromatic carbocycles. The zero-order valence-corrected chi connectivity index (χ0v) is 15.2. The Labute approximate surface area is 158 Å². The monoisotopic (exact) mass is 363 g/mol. The summed E-state index contributed by atoms with van der Waals surface area (Å²) in [7, 11) is 0. The van der Waals surface area contributed by atoms with E-state index in [0.717, 1.165) is 5.56 Å². The molecule has 138 valence electrons. The number of carbonyl (C=O) groups is 2. The van der Waals surface area contributed by atoms with Crippen LogP contribution in [0.4, 0.5) is 11.4 Å². The Morgan fingerprint density at radius 1 is 1.07 bits per heavy atom. The minimum absolute atomic E-state index is 0.0580. The molecule has 0 saturated heterocycles. The Kier molecular flexibility index (Phi) is 6.73. The van der Waals surface area contributed by atoms with Crippen molar-refractivity contribution < 1.29 is 14.7 Å². The van der Waals surface area contributed by atoms with Crippen LogP contribution in [-0.4, -0.2) is 17.0 Å². The molecule has 0 radical (unpaired) electrons. The van der Waals surface area contributed by atoms with E-state index in [1.807, 2.05) is 18.2 Å². The number of nitrogens with one attached hydrogen (secondary N) is 2. The van der Waals surface area contributed by atoms with Gasteiger partial charge in [0.25, 0.3) is 5.91 Å². The number of nitriles is 1. The fraction of sp³-hybridized carbons (Fsp3) is 0.190. The van der Waals surface area contributed by atoms with E-state index in [1.165, 1.54) is 6.20 Å². The standard InChI is InChI=1S/C21H21N3O3/c1-14(2)16-5-9-19(10-6-16)24-21(27)17(12-22)13-23-18-7-3-15(4-8-18)11-20(25)26/h3-10,13-14,23H,11H2,1-2H3,(H,24,27)(H,25,26)/b17-13-. The fourth-order valence-corrected chi connectivity index (χ4v) is 2.35. The van der Waals surface area contributed by atoms with Gasteiger partial charge in [0.15, 0.2) is 0 Å². The van der Waals surface area contributed by atoms with Gasteiger partial charge in [-0.2, -0.15) is 5.26 Å². The number of carboxylic acids is 1. The van der Waals surface area contributed by atoms with Crippen molar-refractivity contribution >= 4 is 23.3 Å². The highest BCUT2D eigenvalue weighted by Crippen LogP contribution is 2.17. The summed E-state index contributed by atoms with van der Waals surface area (Å²) in [4.78, 5) is 22.9. The Bertz CT molecular complexity index is 876. The summed E-state index contributed by atoms with van der Waals surface area (Å²) in [6.07, 6.45) is 1.27. The molecule has 0 spiro atoms. The zero-order chi connectivity index (χ0) is 19.8. The molecule has 6 heteroatoms. The maximum atomic E-state index is 12.3. The highest BCUT2D eigenvalue weighted by Gasteiger charge is 2.10. The number of hydrogen-bond acceptors (Lipinski definition) is 4. The smallest absolute Gasteiger partial charge is 0.307 e. The van der Waals surface area contributed by atoms with Crippen molar-refractivity contribution in [2.75, 3.05) is 10.6 Å². The first-order valence-electron chi connectivity index (χ1n) is 8.48. The maximum Gasteiger partial charge on any atom is 0.307 e. The summed E-state index contributed by atoms with van der Waals surface area (Å²) in [6.45, 7) is 4.17. The number of aliphatic carboxylic acids is 1. The number of carbonyl (C=O) groups excluding carboxylic acids is 1. The predicted octanol–water partition coefficient (Wildman–Crippen LogP) is 3.90. The van der Waals surface area contributed by atoms with E-state index in [1.54, 1.807) is 36.4 Å². The van der Waals surface area contributed by atoms with Crippen molar-refractivity contribution in [3.8, 4) is 6.07 Å². The van der Waals surface area contributed by atoms with Crippen LogP contribution in [0.3, 0.4) is 0 Å². The lowest BCUT2D eigenvalue weighted by molar-refractivity contribution is -0.136. The number of benzene rings is 2. The predicted molar refractivity (Wildman–Crippen MR) is 104 cm³/mol. The first kappa shape index (κ1) is 19.7. The van der Waals surface area contributed by atoms with Crippen LogP contribution in [0, 0.1) is 11.3 Å². The molecule has 3 N–H and O–H groups in total. The van der Waals surface area contributed by atoms with Gasteiger partial charge in [-0.15, -0.1) is 0 Å². The van der Waals surface area contributed by atoms with Crippen molar-refractivity contribution in [2.24, 2.45) is 0 Å². The third-order valence-electron chi connectivity index (χ3n) is 3.89. The van der Waals surface area contributed by atoms with Crippen molar-refractivity contribution in [1.82, 2.24) is 0 Å². The third kappa shape index (κ3) is 6.01. The van der Waals surface area contributed by atoms with E-state index >= 15 is 0 Å². The summed E-state index contributed by atoms with van der Waals surface area (Å²) >= 11 is 0. The first-order valence-corrected chi connectivity index (χ1v) is 8.48. The second-order valence-electron chi connectivity index (χ2n) is 6.31. The summed E-state index contributed by atoms with van der Waals surface area (Å²) < 4.78 is 0. The van der Waals surface area contributed by atoms with Gasteiger partial charge in [0.1, 0.15) is 11.6 Å². The minimum atomic E-state index is -0.902. The van der Waals surface area contributed by atoms with Crippen LogP contribution in [0.2, 0.25) is 0 Å². The van der Waals surface area contributed by atoms with Gasteiger partial charge in [-0.05, 0) is 41.3 Å². The molecular formula is C21H21N3O3. The maximum absolute atomic E-state index is 12.3. The average molecular weight is 363 g/mol. The average Bonchev–Trinajstić information content (AvgIpc) is 2.63. The van der Waals surface area contributed by atoms with Crippen LogP contribution in [0.15, 0.2) is 60.3 Å². The number of rotatable bonds is 7. The molecule has 0 atom stereocenters. The molecule has 0 aliphatic heterocycles. The molecule has 2 aromatic rings. The number of carboxylic acid groups (broad SMARTS) is 1. The summed E-state index contributed by atoms with van der Waals surface area (Å²) in [5, 5.41) is 23.6. The van der Waals surface area contributed by atoms with Gasteiger partial charge in [-0.25, -0.2) is 0 Å². The number of amides is 1. The first-order chi connectivity index (χ1) is 12.9. The van der Waals surface area contributed by atoms with Gasteiger partial charge in [0.2, 0.25) is 0 Å². The van der Waals surface area contributed by atoms with Gasteiger partial charge in [0, 0.05) is 17.6 Å². The molecular weight excluding hydrogens is 342 g/mol. The number of anilines is 2. The van der Waals surface area contributed by atoms with Crippen molar-refractivity contribution in [3.05, 3.63) is 71.4 Å². The summed E-state index contributed by atoms with van der Waals surface area (Å²) in [5.74, 6) is -1.01. The van der Waals surface area contributed by atoms with E-state index in [-0.39, 0.29) is 12.0 Å². The van der Waals surface area contributed by atoms with E-state index < -0.39 is 11.9 Å². The molecule has 2 rings (SSSR count). The lowest BCUT2D eigenvalue weighted by atomic mass is 10.0. The Morgan fingerprint density at radius 2 is 1.67 bits per heavy atom. The van der Waals surface area contributed by atoms with Gasteiger partial charge >= 0.3 is 5.97 Å². The molecule has 0 unspecified atom stereocenters. The zero-order valence-electron chi connectivity index (χ0n) is 15.2. The van der Waals surface area contributed by atoms with E-state index in [4.69, 9.17) is 5.11 Å². The molecule has 0 aliphatic rings. The highest BCUT2D eigenvalue weighted by atomic mass is 16.4. The Balaban J connectivity index is 2.01. The molecule has 0 heterocycles. The van der Waals surface area contributed by atoms with Gasteiger partial charge < -0.3 is 15.7 Å². The normalized spacial score (nSPS) is 11.0. The second-order valence-corrected chi connectivity index (χ2v) is 6.31. The molecule has 0 bridgehead atoms. The van der Waals surface area contributed by atoms with Crippen LogP contribution < -0.4 is 10.6 Å². The molecule has 0 aliphatic carbocycles. The molecule has 0 saturated carbocycles. The number of hydrogen-bond donors (Lipinski definition) is 3. The van der Waals surface area contributed by atoms with Crippen LogP contribution in [0.1, 0.15) is 30.9 Å². The highest BCUT2D eigenvalue weighted by molar-refractivity contribution is 6.06. The molecule has 27 heavy (non-hydrogen) atoms. The van der Waals surface area contributed by atoms with Crippen molar-refractivity contribution in [2.45, 2.75) is 26.2 Å².